The number of aromatic carboxylic acids is 1. The van der Waals surface area contributed by atoms with Gasteiger partial charge in [0.2, 0.25) is 0 Å². The van der Waals surface area contributed by atoms with E-state index < -0.39 is 38.0 Å². The average molecular weight is 287 g/mol. The van der Waals surface area contributed by atoms with Crippen molar-refractivity contribution in [2.24, 2.45) is 0 Å². The van der Waals surface area contributed by atoms with E-state index in [-0.39, 0.29) is 5.69 Å². The summed E-state index contributed by atoms with van der Waals surface area (Å²) < 4.78 is 36.2. The van der Waals surface area contributed by atoms with Gasteiger partial charge in [-0.05, 0) is 32.0 Å². The topological polar surface area (TPSA) is 91.8 Å². The lowest BCUT2D eigenvalue weighted by atomic mass is 10.1. The Kier molecular flexibility index (Phi) is 2.67. The lowest BCUT2D eigenvalue weighted by Gasteiger charge is -2.42. The van der Waals surface area contributed by atoms with E-state index in [1.165, 1.54) is 13.8 Å². The molecule has 0 bridgehead atoms. The van der Waals surface area contributed by atoms with Crippen molar-refractivity contribution in [1.29, 1.82) is 0 Å². The maximum absolute atomic E-state index is 13.5. The largest absolute Gasteiger partial charge is 0.478 e. The van der Waals surface area contributed by atoms with Crippen molar-refractivity contribution in [3.8, 4) is 0 Å². The predicted molar refractivity (Wildman–Crippen MR) is 63.8 cm³/mol. The van der Waals surface area contributed by atoms with Crippen LogP contribution in [0.2, 0.25) is 0 Å². The average Bonchev–Trinajstić information content (AvgIpc) is 2.28. The fraction of sp³-hybridized carbons (Fsp3) is 0.273. The predicted octanol–water partition coefficient (Wildman–Crippen LogP) is 0.979. The number of carboxylic acids is 1. The van der Waals surface area contributed by atoms with Crippen LogP contribution in [0.1, 0.15) is 24.2 Å². The minimum Gasteiger partial charge on any atom is -0.478 e. The summed E-state index contributed by atoms with van der Waals surface area (Å²) in [4.78, 5) is 22.4. The van der Waals surface area contributed by atoms with Crippen molar-refractivity contribution in [2.75, 3.05) is 4.31 Å². The second-order valence-electron chi connectivity index (χ2n) is 4.55. The summed E-state index contributed by atoms with van der Waals surface area (Å²) in [5, 5.41) is 8.67. The molecule has 0 saturated carbocycles. The van der Waals surface area contributed by atoms with Gasteiger partial charge in [-0.25, -0.2) is 21.9 Å². The van der Waals surface area contributed by atoms with Gasteiger partial charge in [0.25, 0.3) is 15.9 Å². The van der Waals surface area contributed by atoms with E-state index in [0.717, 1.165) is 12.1 Å². The molecule has 0 unspecified atom stereocenters. The van der Waals surface area contributed by atoms with Crippen LogP contribution >= 0.6 is 0 Å². The van der Waals surface area contributed by atoms with Crippen LogP contribution in [0.4, 0.5) is 10.1 Å². The highest BCUT2D eigenvalue weighted by Crippen LogP contribution is 2.39. The molecular weight excluding hydrogens is 277 g/mol. The van der Waals surface area contributed by atoms with Gasteiger partial charge in [-0.2, -0.15) is 0 Å². The van der Waals surface area contributed by atoms with Crippen LogP contribution in [0.25, 0.3) is 0 Å². The van der Waals surface area contributed by atoms with E-state index in [0.29, 0.717) is 10.4 Å². The minimum atomic E-state index is -3.88. The molecule has 0 aliphatic carbocycles. The molecule has 0 atom stereocenters. The number of hydrogen-bond donors (Lipinski definition) is 1. The molecule has 1 amide bonds. The summed E-state index contributed by atoms with van der Waals surface area (Å²) >= 11 is 0. The first kappa shape index (κ1) is 13.5. The highest BCUT2D eigenvalue weighted by Gasteiger charge is 2.60. The van der Waals surface area contributed by atoms with Crippen molar-refractivity contribution < 1.29 is 27.5 Å². The van der Waals surface area contributed by atoms with Crippen LogP contribution < -0.4 is 4.31 Å². The molecule has 102 valence electrons. The van der Waals surface area contributed by atoms with Crippen molar-refractivity contribution in [2.45, 2.75) is 18.6 Å². The molecule has 0 radical (unpaired) electrons. The highest BCUT2D eigenvalue weighted by atomic mass is 32.2. The van der Waals surface area contributed by atoms with Crippen LogP contribution in [0, 0.1) is 5.82 Å². The second kappa shape index (κ2) is 3.77. The van der Waals surface area contributed by atoms with Gasteiger partial charge in [0.05, 0.1) is 11.3 Å². The fourth-order valence-electron chi connectivity index (χ4n) is 1.71. The number of carboxylic acid groups (broad SMARTS) is 1. The molecule has 1 N–H and O–H groups in total. The first-order valence-electron chi connectivity index (χ1n) is 5.23. The van der Waals surface area contributed by atoms with E-state index in [9.17, 15) is 22.4 Å². The second-order valence-corrected chi connectivity index (χ2v) is 6.89. The summed E-state index contributed by atoms with van der Waals surface area (Å²) in [6.45, 7) is 2.51. The van der Waals surface area contributed by atoms with E-state index in [1.54, 1.807) is 0 Å². The van der Waals surface area contributed by atoms with Gasteiger partial charge in [0.15, 0.2) is 4.75 Å². The van der Waals surface area contributed by atoms with E-state index in [1.807, 2.05) is 0 Å². The van der Waals surface area contributed by atoms with Crippen LogP contribution in [0.3, 0.4) is 0 Å². The Morgan fingerprint density at radius 2 is 1.95 bits per heavy atom. The Morgan fingerprint density at radius 3 is 2.37 bits per heavy atom. The van der Waals surface area contributed by atoms with Gasteiger partial charge in [-0.15, -0.1) is 0 Å². The maximum atomic E-state index is 13.5. The van der Waals surface area contributed by atoms with Crippen molar-refractivity contribution >= 4 is 27.6 Å². The number of carbonyl (C=O) groups is 2. The van der Waals surface area contributed by atoms with Gasteiger partial charge in [0, 0.05) is 0 Å². The highest BCUT2D eigenvalue weighted by molar-refractivity contribution is 7.98. The number of rotatable bonds is 2. The van der Waals surface area contributed by atoms with Crippen molar-refractivity contribution in [3.05, 3.63) is 29.6 Å². The number of hydrogen-bond acceptors (Lipinski definition) is 4. The number of halogens is 1. The molecule has 1 saturated heterocycles. The van der Waals surface area contributed by atoms with Crippen molar-refractivity contribution in [1.82, 2.24) is 0 Å². The van der Waals surface area contributed by atoms with Gasteiger partial charge < -0.3 is 5.11 Å². The summed E-state index contributed by atoms with van der Waals surface area (Å²) in [7, 11) is -3.88. The number of sulfonamides is 1. The molecule has 1 aromatic rings. The summed E-state index contributed by atoms with van der Waals surface area (Å²) in [5.74, 6) is -3.25. The molecule has 6 nitrogen and oxygen atoms in total. The number of nitrogens with zero attached hydrogens (tertiary/aromatic N) is 1. The van der Waals surface area contributed by atoms with Gasteiger partial charge >= 0.3 is 5.97 Å². The maximum Gasteiger partial charge on any atom is 0.338 e. The molecule has 1 fully saturated rings. The normalized spacial score (nSPS) is 19.9. The monoisotopic (exact) mass is 287 g/mol. The van der Waals surface area contributed by atoms with Gasteiger partial charge in [-0.3, -0.25) is 4.79 Å². The zero-order valence-electron chi connectivity index (χ0n) is 10.0. The van der Waals surface area contributed by atoms with Crippen LogP contribution in [0.5, 0.6) is 0 Å². The molecular formula is C11H10FNO5S. The molecule has 2 rings (SSSR count). The Labute approximate surface area is 108 Å². The summed E-state index contributed by atoms with van der Waals surface area (Å²) in [6.07, 6.45) is 0. The zero-order chi connectivity index (χ0) is 14.6. The van der Waals surface area contributed by atoms with Crippen LogP contribution in [-0.4, -0.2) is 30.1 Å². The van der Waals surface area contributed by atoms with Crippen molar-refractivity contribution in [3.63, 3.8) is 0 Å². The molecule has 8 heteroatoms. The van der Waals surface area contributed by atoms with E-state index >= 15 is 0 Å². The summed E-state index contributed by atoms with van der Waals surface area (Å²) in [5.41, 5.74) is -0.791. The van der Waals surface area contributed by atoms with Crippen LogP contribution in [-0.2, 0) is 14.8 Å². The Hall–Kier alpha value is -1.96. The molecule has 0 aromatic heterocycles. The number of benzene rings is 1. The van der Waals surface area contributed by atoms with E-state index in [2.05, 4.69) is 0 Å². The number of amides is 1. The number of carbonyl (C=O) groups excluding carboxylic acids is 1. The Morgan fingerprint density at radius 1 is 1.37 bits per heavy atom. The molecule has 19 heavy (non-hydrogen) atoms. The lowest BCUT2D eigenvalue weighted by Crippen LogP contribution is -2.67. The Bertz CT molecular complexity index is 695. The molecule has 0 spiro atoms. The zero-order valence-corrected chi connectivity index (χ0v) is 10.9. The van der Waals surface area contributed by atoms with E-state index in [4.69, 9.17) is 5.11 Å². The first-order chi connectivity index (χ1) is 8.60. The third-order valence-corrected chi connectivity index (χ3v) is 5.32. The third-order valence-electron chi connectivity index (χ3n) is 3.00. The van der Waals surface area contributed by atoms with Crippen LogP contribution in [0.15, 0.2) is 18.2 Å². The SMILES string of the molecule is CC1(C)C(=O)N(c2ccc(C(=O)O)c(F)c2)S1(=O)=O. The molecule has 1 aliphatic rings. The smallest absolute Gasteiger partial charge is 0.338 e. The van der Waals surface area contributed by atoms with Gasteiger partial charge in [-0.1, -0.05) is 0 Å². The fourth-order valence-corrected chi connectivity index (χ4v) is 3.19. The molecule has 1 aliphatic heterocycles. The van der Waals surface area contributed by atoms with Gasteiger partial charge in [0.1, 0.15) is 5.82 Å². The summed E-state index contributed by atoms with van der Waals surface area (Å²) in [6, 6.07) is 2.71. The molecule has 1 aromatic carbocycles. The minimum absolute atomic E-state index is 0.202. The first-order valence-corrected chi connectivity index (χ1v) is 6.67. The third kappa shape index (κ3) is 1.63. The Balaban J connectivity index is 2.49. The quantitative estimate of drug-likeness (QED) is 0.875. The lowest BCUT2D eigenvalue weighted by molar-refractivity contribution is -0.120. The number of anilines is 1. The standard InChI is InChI=1S/C11H10FNO5S/c1-11(2)10(16)13(19(11,17)18)6-3-4-7(9(14)15)8(12)5-6/h3-5H,1-2H3,(H,14,15). The molecule has 1 heterocycles.